The highest BCUT2D eigenvalue weighted by atomic mass is 127. The van der Waals surface area contributed by atoms with Gasteiger partial charge in [-0.05, 0) is 98.2 Å². The minimum atomic E-state index is -0.559. The molecule has 0 fully saturated rings. The van der Waals surface area contributed by atoms with Crippen LogP contribution in [0.25, 0.3) is 6.08 Å². The first-order valence-corrected chi connectivity index (χ1v) is 12.2. The Hall–Kier alpha value is -2.07. The van der Waals surface area contributed by atoms with Crippen molar-refractivity contribution in [3.8, 4) is 11.5 Å². The first-order valence-electron chi connectivity index (χ1n) is 9.57. The topological polar surface area (TPSA) is 57.1 Å². The number of esters is 1. The Morgan fingerprint density at radius 1 is 1.15 bits per heavy atom. The fourth-order valence-electron chi connectivity index (χ4n) is 3.09. The summed E-state index contributed by atoms with van der Waals surface area (Å²) >= 11 is 18.0. The van der Waals surface area contributed by atoms with E-state index in [4.69, 9.17) is 37.4 Å². The molecule has 1 aliphatic heterocycles. The summed E-state index contributed by atoms with van der Waals surface area (Å²) in [5, 5.41) is 1.09. The number of nitrogens with zero attached hydrogens (tertiary/aromatic N) is 1. The Bertz CT molecular complexity index is 1310. The molecule has 0 saturated carbocycles. The maximum atomic E-state index is 12.4. The molecule has 0 saturated heterocycles. The van der Waals surface area contributed by atoms with E-state index in [1.807, 2.05) is 36.4 Å². The van der Waals surface area contributed by atoms with Crippen molar-refractivity contribution in [2.24, 2.45) is 4.99 Å². The third-order valence-corrected chi connectivity index (χ3v) is 6.43. The minimum Gasteiger partial charge on any atom is -0.493 e. The summed E-state index contributed by atoms with van der Waals surface area (Å²) < 4.78 is 18.4. The molecule has 0 atom stereocenters. The summed E-state index contributed by atoms with van der Waals surface area (Å²) in [5.74, 6) is 0.636. The van der Waals surface area contributed by atoms with Gasteiger partial charge in [-0.25, -0.2) is 9.79 Å². The number of hydrogen-bond acceptors (Lipinski definition) is 5. The SMILES string of the molecule is COc1cc(/C=C2\N=C(c3cc(I)ccc3Cl)OC2=O)cc(Br)c1OCc1cccc(Cl)c1. The molecule has 4 rings (SSSR count). The van der Waals surface area contributed by atoms with Gasteiger partial charge in [-0.3, -0.25) is 0 Å². The molecule has 33 heavy (non-hydrogen) atoms. The molecular formula is C24H15BrCl2INO4. The van der Waals surface area contributed by atoms with Crippen LogP contribution < -0.4 is 9.47 Å². The fourth-order valence-corrected chi connectivity index (χ4v) is 4.57. The van der Waals surface area contributed by atoms with Crippen LogP contribution in [0.5, 0.6) is 11.5 Å². The van der Waals surface area contributed by atoms with Crippen LogP contribution in [0.15, 0.2) is 69.8 Å². The van der Waals surface area contributed by atoms with Gasteiger partial charge in [-0.1, -0.05) is 35.3 Å². The minimum absolute atomic E-state index is 0.154. The zero-order chi connectivity index (χ0) is 23.5. The van der Waals surface area contributed by atoms with Crippen molar-refractivity contribution in [2.45, 2.75) is 6.61 Å². The number of aliphatic imine (C=N–C) groups is 1. The van der Waals surface area contributed by atoms with Crippen molar-refractivity contribution >= 4 is 79.7 Å². The zero-order valence-electron chi connectivity index (χ0n) is 17.1. The molecule has 0 amide bonds. The van der Waals surface area contributed by atoms with Crippen molar-refractivity contribution in [2.75, 3.05) is 7.11 Å². The van der Waals surface area contributed by atoms with Gasteiger partial charge >= 0.3 is 5.97 Å². The Labute approximate surface area is 222 Å². The summed E-state index contributed by atoms with van der Waals surface area (Å²) in [6.07, 6.45) is 1.62. The van der Waals surface area contributed by atoms with Gasteiger partial charge in [-0.2, -0.15) is 0 Å². The fraction of sp³-hybridized carbons (Fsp3) is 0.0833. The largest absolute Gasteiger partial charge is 0.493 e. The van der Waals surface area contributed by atoms with E-state index in [1.54, 1.807) is 31.4 Å². The number of carbonyl (C=O) groups is 1. The average molecular weight is 659 g/mol. The maximum Gasteiger partial charge on any atom is 0.363 e. The van der Waals surface area contributed by atoms with Crippen LogP contribution in [-0.2, 0) is 16.1 Å². The van der Waals surface area contributed by atoms with Crippen molar-refractivity contribution in [1.29, 1.82) is 0 Å². The lowest BCUT2D eigenvalue weighted by Gasteiger charge is -2.14. The second-order valence-electron chi connectivity index (χ2n) is 6.91. The normalized spacial score (nSPS) is 14.3. The number of carbonyl (C=O) groups excluding carboxylic acids is 1. The molecule has 0 unspecified atom stereocenters. The average Bonchev–Trinajstić information content (AvgIpc) is 3.14. The van der Waals surface area contributed by atoms with E-state index in [1.165, 1.54) is 0 Å². The summed E-state index contributed by atoms with van der Waals surface area (Å²) in [5.41, 5.74) is 2.32. The summed E-state index contributed by atoms with van der Waals surface area (Å²) in [6.45, 7) is 0.312. The van der Waals surface area contributed by atoms with Gasteiger partial charge in [-0.15, -0.1) is 0 Å². The van der Waals surface area contributed by atoms with Gasteiger partial charge in [0.25, 0.3) is 0 Å². The number of benzene rings is 3. The molecule has 1 heterocycles. The molecule has 9 heteroatoms. The second-order valence-corrected chi connectivity index (χ2v) is 9.86. The number of rotatable bonds is 6. The Morgan fingerprint density at radius 3 is 2.73 bits per heavy atom. The third-order valence-electron chi connectivity index (χ3n) is 4.61. The molecule has 3 aromatic rings. The van der Waals surface area contributed by atoms with Crippen LogP contribution >= 0.6 is 61.7 Å². The van der Waals surface area contributed by atoms with Gasteiger partial charge in [0, 0.05) is 8.59 Å². The molecule has 5 nitrogen and oxygen atoms in total. The molecule has 0 spiro atoms. The zero-order valence-corrected chi connectivity index (χ0v) is 22.3. The molecule has 0 N–H and O–H groups in total. The molecule has 3 aromatic carbocycles. The third kappa shape index (κ3) is 5.71. The van der Waals surface area contributed by atoms with E-state index in [0.29, 0.717) is 43.8 Å². The van der Waals surface area contributed by atoms with E-state index >= 15 is 0 Å². The van der Waals surface area contributed by atoms with E-state index < -0.39 is 5.97 Å². The van der Waals surface area contributed by atoms with Crippen molar-refractivity contribution in [3.05, 3.63) is 95.1 Å². The van der Waals surface area contributed by atoms with Crippen LogP contribution in [0, 0.1) is 3.57 Å². The highest BCUT2D eigenvalue weighted by Gasteiger charge is 2.26. The predicted octanol–water partition coefficient (Wildman–Crippen LogP) is 7.29. The van der Waals surface area contributed by atoms with Gasteiger partial charge in [0.2, 0.25) is 5.90 Å². The molecule has 0 aliphatic carbocycles. The summed E-state index contributed by atoms with van der Waals surface area (Å²) in [6, 6.07) is 16.4. The lowest BCUT2D eigenvalue weighted by molar-refractivity contribution is -0.129. The molecule has 0 radical (unpaired) electrons. The van der Waals surface area contributed by atoms with E-state index in [2.05, 4.69) is 43.5 Å². The lowest BCUT2D eigenvalue weighted by Crippen LogP contribution is -2.06. The Morgan fingerprint density at radius 2 is 1.97 bits per heavy atom. The summed E-state index contributed by atoms with van der Waals surface area (Å²) in [4.78, 5) is 16.8. The van der Waals surface area contributed by atoms with Crippen molar-refractivity contribution in [1.82, 2.24) is 0 Å². The standard InChI is InChI=1S/C24H15BrCl2INO4/c1-31-21-10-14(8-18(25)22(21)32-12-13-3-2-4-15(26)7-13)9-20-24(30)33-23(29-20)17-11-16(28)5-6-19(17)27/h2-11H,12H2,1H3/b20-9-. The number of methoxy groups -OCH3 is 1. The van der Waals surface area contributed by atoms with Crippen LogP contribution in [0.3, 0.4) is 0 Å². The highest BCUT2D eigenvalue weighted by molar-refractivity contribution is 14.1. The first-order chi connectivity index (χ1) is 15.8. The Kier molecular flexibility index (Phi) is 7.63. The maximum absolute atomic E-state index is 12.4. The molecule has 1 aliphatic rings. The van der Waals surface area contributed by atoms with E-state index in [9.17, 15) is 4.79 Å². The molecule has 0 bridgehead atoms. The highest BCUT2D eigenvalue weighted by Crippen LogP contribution is 2.38. The van der Waals surface area contributed by atoms with Crippen LogP contribution in [-0.4, -0.2) is 19.0 Å². The van der Waals surface area contributed by atoms with E-state index in [-0.39, 0.29) is 11.6 Å². The van der Waals surface area contributed by atoms with Crippen molar-refractivity contribution in [3.63, 3.8) is 0 Å². The number of halogens is 4. The second kappa shape index (κ2) is 10.5. The monoisotopic (exact) mass is 657 g/mol. The van der Waals surface area contributed by atoms with Gasteiger partial charge in [0.1, 0.15) is 6.61 Å². The first kappa shape index (κ1) is 24.1. The number of hydrogen-bond donors (Lipinski definition) is 0. The quantitative estimate of drug-likeness (QED) is 0.159. The number of ether oxygens (including phenoxy) is 3. The number of cyclic esters (lactones) is 1. The predicted molar refractivity (Wildman–Crippen MR) is 141 cm³/mol. The van der Waals surface area contributed by atoms with E-state index in [0.717, 1.165) is 9.13 Å². The summed E-state index contributed by atoms with van der Waals surface area (Å²) in [7, 11) is 1.55. The Balaban J connectivity index is 1.61. The molecule has 0 aromatic heterocycles. The smallest absolute Gasteiger partial charge is 0.363 e. The van der Waals surface area contributed by atoms with Gasteiger partial charge in [0.05, 0.1) is 22.2 Å². The van der Waals surface area contributed by atoms with Crippen molar-refractivity contribution < 1.29 is 19.0 Å². The van der Waals surface area contributed by atoms with Crippen LogP contribution in [0.4, 0.5) is 0 Å². The van der Waals surface area contributed by atoms with Gasteiger partial charge < -0.3 is 14.2 Å². The van der Waals surface area contributed by atoms with Crippen LogP contribution in [0.1, 0.15) is 16.7 Å². The van der Waals surface area contributed by atoms with Crippen LogP contribution in [0.2, 0.25) is 10.0 Å². The van der Waals surface area contributed by atoms with Gasteiger partial charge in [0.15, 0.2) is 17.2 Å². The molecular weight excluding hydrogens is 644 g/mol. The molecule has 168 valence electrons. The lowest BCUT2D eigenvalue weighted by atomic mass is 10.1.